The maximum atomic E-state index is 3.51. The molecule has 1 nitrogen and oxygen atoms in total. The quantitative estimate of drug-likeness (QED) is 0.618. The van der Waals surface area contributed by atoms with Gasteiger partial charge in [0.25, 0.3) is 0 Å². The second-order valence-corrected chi connectivity index (χ2v) is 4.29. The smallest absolute Gasteiger partial charge is 0.0465 e. The van der Waals surface area contributed by atoms with Crippen LogP contribution in [0, 0.1) is 6.92 Å². The first-order valence-electron chi connectivity index (χ1n) is 5.80. The number of rotatable bonds is 1. The third-order valence-corrected chi connectivity index (χ3v) is 3.40. The SMILES string of the molecule is CCc1[nH]c2ccc3ccccc3c2c1C. The highest BCUT2D eigenvalue weighted by molar-refractivity contribution is 6.08. The fourth-order valence-corrected chi connectivity index (χ4v) is 2.54. The average molecular weight is 209 g/mol. The van der Waals surface area contributed by atoms with Crippen molar-refractivity contribution in [2.75, 3.05) is 0 Å². The van der Waals surface area contributed by atoms with Crippen molar-refractivity contribution < 1.29 is 0 Å². The Bertz CT molecular complexity index is 662. The number of benzene rings is 2. The van der Waals surface area contributed by atoms with Crippen LogP contribution in [0.3, 0.4) is 0 Å². The molecule has 0 atom stereocenters. The van der Waals surface area contributed by atoms with Crippen LogP contribution in [0.5, 0.6) is 0 Å². The van der Waals surface area contributed by atoms with Crippen molar-refractivity contribution in [2.45, 2.75) is 20.3 Å². The highest BCUT2D eigenvalue weighted by Crippen LogP contribution is 2.29. The van der Waals surface area contributed by atoms with Crippen LogP contribution in [0.25, 0.3) is 21.7 Å². The molecule has 0 radical (unpaired) electrons. The van der Waals surface area contributed by atoms with E-state index in [2.05, 4.69) is 55.2 Å². The van der Waals surface area contributed by atoms with Crippen molar-refractivity contribution in [3.8, 4) is 0 Å². The van der Waals surface area contributed by atoms with E-state index in [0.29, 0.717) is 0 Å². The summed E-state index contributed by atoms with van der Waals surface area (Å²) in [5.41, 5.74) is 4.01. The maximum absolute atomic E-state index is 3.51. The standard InChI is InChI=1S/C15H15N/c1-3-13-10(2)15-12-7-5-4-6-11(12)8-9-14(15)16-13/h4-9,16H,3H2,1-2H3. The van der Waals surface area contributed by atoms with Gasteiger partial charge < -0.3 is 4.98 Å². The third-order valence-electron chi connectivity index (χ3n) is 3.40. The van der Waals surface area contributed by atoms with Gasteiger partial charge in [0.15, 0.2) is 0 Å². The lowest BCUT2D eigenvalue weighted by atomic mass is 10.0. The molecule has 0 bridgehead atoms. The van der Waals surface area contributed by atoms with Crippen molar-refractivity contribution in [1.82, 2.24) is 4.98 Å². The van der Waals surface area contributed by atoms with Gasteiger partial charge in [0.1, 0.15) is 0 Å². The summed E-state index contributed by atoms with van der Waals surface area (Å²) >= 11 is 0. The molecule has 0 saturated heterocycles. The molecule has 3 aromatic rings. The summed E-state index contributed by atoms with van der Waals surface area (Å²) < 4.78 is 0. The zero-order valence-corrected chi connectivity index (χ0v) is 9.67. The van der Waals surface area contributed by atoms with Gasteiger partial charge in [-0.25, -0.2) is 0 Å². The van der Waals surface area contributed by atoms with Gasteiger partial charge in [0, 0.05) is 16.6 Å². The lowest BCUT2D eigenvalue weighted by Gasteiger charge is -2.00. The average Bonchev–Trinajstić information content (AvgIpc) is 2.66. The van der Waals surface area contributed by atoms with E-state index in [4.69, 9.17) is 0 Å². The molecule has 1 N–H and O–H groups in total. The topological polar surface area (TPSA) is 15.8 Å². The van der Waals surface area contributed by atoms with Crippen molar-refractivity contribution in [1.29, 1.82) is 0 Å². The summed E-state index contributed by atoms with van der Waals surface area (Å²) in [6.07, 6.45) is 1.06. The predicted octanol–water partition coefficient (Wildman–Crippen LogP) is 4.19. The van der Waals surface area contributed by atoms with Gasteiger partial charge in [-0.2, -0.15) is 0 Å². The Morgan fingerprint density at radius 1 is 1.06 bits per heavy atom. The van der Waals surface area contributed by atoms with Crippen LogP contribution in [0.4, 0.5) is 0 Å². The molecular weight excluding hydrogens is 194 g/mol. The van der Waals surface area contributed by atoms with Gasteiger partial charge in [-0.3, -0.25) is 0 Å². The summed E-state index contributed by atoms with van der Waals surface area (Å²) in [7, 11) is 0. The number of H-pyrrole nitrogens is 1. The van der Waals surface area contributed by atoms with Crippen LogP contribution in [0.15, 0.2) is 36.4 Å². The second-order valence-electron chi connectivity index (χ2n) is 4.29. The summed E-state index contributed by atoms with van der Waals surface area (Å²) in [6, 6.07) is 13.0. The molecule has 2 aromatic carbocycles. The first-order valence-corrected chi connectivity index (χ1v) is 5.80. The fraction of sp³-hybridized carbons (Fsp3) is 0.200. The van der Waals surface area contributed by atoms with E-state index < -0.39 is 0 Å². The summed E-state index contributed by atoms with van der Waals surface area (Å²) in [5, 5.41) is 4.06. The molecule has 0 fully saturated rings. The molecule has 0 saturated carbocycles. The van der Waals surface area contributed by atoms with E-state index in [1.54, 1.807) is 0 Å². The molecule has 0 aliphatic heterocycles. The van der Waals surface area contributed by atoms with E-state index in [1.165, 1.54) is 32.9 Å². The molecule has 0 aliphatic carbocycles. The van der Waals surface area contributed by atoms with E-state index in [9.17, 15) is 0 Å². The van der Waals surface area contributed by atoms with Crippen molar-refractivity contribution in [3.63, 3.8) is 0 Å². The zero-order valence-electron chi connectivity index (χ0n) is 9.67. The van der Waals surface area contributed by atoms with Gasteiger partial charge in [0.05, 0.1) is 0 Å². The molecule has 80 valence electrons. The van der Waals surface area contributed by atoms with Crippen molar-refractivity contribution in [2.24, 2.45) is 0 Å². The lowest BCUT2D eigenvalue weighted by Crippen LogP contribution is -1.81. The highest BCUT2D eigenvalue weighted by Gasteiger charge is 2.08. The number of nitrogens with one attached hydrogen (secondary N) is 1. The lowest BCUT2D eigenvalue weighted by molar-refractivity contribution is 1.05. The van der Waals surface area contributed by atoms with Gasteiger partial charge in [-0.1, -0.05) is 37.3 Å². The monoisotopic (exact) mass is 209 g/mol. The molecule has 0 aliphatic rings. The zero-order chi connectivity index (χ0) is 11.1. The highest BCUT2D eigenvalue weighted by atomic mass is 14.7. The summed E-state index contributed by atoms with van der Waals surface area (Å²) in [6.45, 7) is 4.41. The van der Waals surface area contributed by atoms with Crippen LogP contribution in [-0.4, -0.2) is 4.98 Å². The molecule has 0 amide bonds. The van der Waals surface area contributed by atoms with Crippen LogP contribution in [0.1, 0.15) is 18.2 Å². The summed E-state index contributed by atoms with van der Waals surface area (Å²) in [5.74, 6) is 0. The number of aryl methyl sites for hydroxylation is 2. The normalized spacial score (nSPS) is 11.4. The first-order chi connectivity index (χ1) is 7.81. The Balaban J connectivity index is 2.54. The number of aromatic nitrogens is 1. The van der Waals surface area contributed by atoms with Crippen LogP contribution < -0.4 is 0 Å². The Morgan fingerprint density at radius 3 is 2.69 bits per heavy atom. The van der Waals surface area contributed by atoms with E-state index >= 15 is 0 Å². The minimum Gasteiger partial charge on any atom is -0.358 e. The van der Waals surface area contributed by atoms with E-state index in [0.717, 1.165) is 6.42 Å². The summed E-state index contributed by atoms with van der Waals surface area (Å²) in [4.78, 5) is 3.51. The van der Waals surface area contributed by atoms with E-state index in [1.807, 2.05) is 0 Å². The Hall–Kier alpha value is -1.76. The number of hydrogen-bond acceptors (Lipinski definition) is 0. The molecule has 1 heteroatoms. The second kappa shape index (κ2) is 3.38. The molecule has 0 unspecified atom stereocenters. The Morgan fingerprint density at radius 2 is 1.88 bits per heavy atom. The van der Waals surface area contributed by atoms with Crippen LogP contribution in [-0.2, 0) is 6.42 Å². The number of hydrogen-bond donors (Lipinski definition) is 1. The minimum atomic E-state index is 1.06. The fourth-order valence-electron chi connectivity index (χ4n) is 2.54. The van der Waals surface area contributed by atoms with Crippen molar-refractivity contribution >= 4 is 21.7 Å². The maximum Gasteiger partial charge on any atom is 0.0465 e. The van der Waals surface area contributed by atoms with Crippen LogP contribution >= 0.6 is 0 Å². The van der Waals surface area contributed by atoms with E-state index in [-0.39, 0.29) is 0 Å². The molecule has 3 rings (SSSR count). The predicted molar refractivity (Wildman–Crippen MR) is 69.9 cm³/mol. The first kappa shape index (κ1) is 9.46. The Kier molecular flexibility index (Phi) is 2.00. The molecule has 1 heterocycles. The molecule has 1 aromatic heterocycles. The number of fused-ring (bicyclic) bond motifs is 3. The molecule has 0 spiro atoms. The van der Waals surface area contributed by atoms with Gasteiger partial charge in [0.2, 0.25) is 0 Å². The number of aromatic amines is 1. The Labute approximate surface area is 95.1 Å². The van der Waals surface area contributed by atoms with Crippen molar-refractivity contribution in [3.05, 3.63) is 47.7 Å². The largest absolute Gasteiger partial charge is 0.358 e. The van der Waals surface area contributed by atoms with Gasteiger partial charge >= 0.3 is 0 Å². The molecular formula is C15H15N. The third kappa shape index (κ3) is 1.18. The van der Waals surface area contributed by atoms with Gasteiger partial charge in [-0.05, 0) is 35.7 Å². The minimum absolute atomic E-state index is 1.06. The van der Waals surface area contributed by atoms with Gasteiger partial charge in [-0.15, -0.1) is 0 Å². The van der Waals surface area contributed by atoms with Crippen LogP contribution in [0.2, 0.25) is 0 Å². The molecule has 16 heavy (non-hydrogen) atoms.